The van der Waals surface area contributed by atoms with Crippen molar-refractivity contribution in [2.45, 2.75) is 44.6 Å². The third-order valence-electron chi connectivity index (χ3n) is 5.75. The second-order valence-electron chi connectivity index (χ2n) is 7.83. The van der Waals surface area contributed by atoms with Crippen LogP contribution in [0.4, 0.5) is 17.5 Å². The molecule has 0 aliphatic carbocycles. The minimum atomic E-state index is -0.989. The lowest BCUT2D eigenvalue weighted by molar-refractivity contribution is -0.123. The molecule has 2 amide bonds. The van der Waals surface area contributed by atoms with Crippen LogP contribution in [0.25, 0.3) is 0 Å². The third-order valence-corrected chi connectivity index (χ3v) is 5.98. The lowest BCUT2D eigenvalue weighted by Crippen LogP contribution is -2.42. The maximum absolute atomic E-state index is 13.1. The molecule has 3 N–H and O–H groups in total. The molecule has 31 heavy (non-hydrogen) atoms. The van der Waals surface area contributed by atoms with Gasteiger partial charge in [0.2, 0.25) is 17.8 Å². The number of anilines is 3. The number of nitrogens with zero attached hydrogens (tertiary/aromatic N) is 2. The molecule has 0 radical (unpaired) electrons. The van der Waals surface area contributed by atoms with Crippen LogP contribution in [-0.2, 0) is 9.59 Å². The van der Waals surface area contributed by atoms with E-state index in [-0.39, 0.29) is 29.8 Å². The molecule has 164 valence electrons. The maximum Gasteiger partial charge on any atom is 0.258 e. The van der Waals surface area contributed by atoms with Crippen molar-refractivity contribution in [3.8, 4) is 5.75 Å². The molecule has 0 saturated carbocycles. The minimum absolute atomic E-state index is 0.131. The summed E-state index contributed by atoms with van der Waals surface area (Å²) in [6.45, 7) is 2.85. The van der Waals surface area contributed by atoms with E-state index in [4.69, 9.17) is 16.3 Å². The van der Waals surface area contributed by atoms with Gasteiger partial charge in [-0.25, -0.2) is 0 Å². The molecule has 1 fully saturated rings. The van der Waals surface area contributed by atoms with Crippen molar-refractivity contribution in [3.05, 3.63) is 39.1 Å². The van der Waals surface area contributed by atoms with Crippen molar-refractivity contribution in [3.63, 3.8) is 0 Å². The highest BCUT2D eigenvalue weighted by Crippen LogP contribution is 2.33. The van der Waals surface area contributed by atoms with Crippen molar-refractivity contribution >= 4 is 40.9 Å². The van der Waals surface area contributed by atoms with Gasteiger partial charge in [-0.05, 0) is 44.4 Å². The van der Waals surface area contributed by atoms with Crippen molar-refractivity contribution < 1.29 is 14.3 Å². The number of benzene rings is 1. The number of hydrogen-bond donors (Lipinski definition) is 3. The van der Waals surface area contributed by atoms with Gasteiger partial charge in [-0.3, -0.25) is 19.4 Å². The van der Waals surface area contributed by atoms with Gasteiger partial charge in [0, 0.05) is 24.0 Å². The van der Waals surface area contributed by atoms with Crippen LogP contribution in [0.1, 0.15) is 44.1 Å². The lowest BCUT2D eigenvalue weighted by atomic mass is 9.92. The van der Waals surface area contributed by atoms with Crippen molar-refractivity contribution in [1.29, 1.82) is 0 Å². The molecule has 2 aliphatic heterocycles. The van der Waals surface area contributed by atoms with E-state index in [0.29, 0.717) is 22.4 Å². The number of fused-ring (bicyclic) bond motifs is 1. The second kappa shape index (κ2) is 8.58. The number of nitrogens with one attached hydrogen (secondary N) is 3. The van der Waals surface area contributed by atoms with Gasteiger partial charge in [0.1, 0.15) is 11.6 Å². The number of aromatic nitrogens is 2. The number of H-pyrrole nitrogens is 1. The molecule has 9 nitrogen and oxygen atoms in total. The Morgan fingerprint density at radius 2 is 2.13 bits per heavy atom. The predicted octanol–water partition coefficient (Wildman–Crippen LogP) is 2.88. The summed E-state index contributed by atoms with van der Waals surface area (Å²) >= 11 is 6.03. The Balaban J connectivity index is 1.67. The third kappa shape index (κ3) is 4.23. The Labute approximate surface area is 184 Å². The lowest BCUT2D eigenvalue weighted by Gasteiger charge is -2.34. The summed E-state index contributed by atoms with van der Waals surface area (Å²) in [5.74, 6) is -0.916. The Morgan fingerprint density at radius 1 is 1.32 bits per heavy atom. The Hall–Kier alpha value is -3.07. The van der Waals surface area contributed by atoms with E-state index in [1.807, 2.05) is 4.90 Å². The highest BCUT2D eigenvalue weighted by molar-refractivity contribution is 6.31. The molecule has 1 aromatic carbocycles. The number of methoxy groups -OCH3 is 1. The number of rotatable bonds is 4. The molecule has 10 heteroatoms. The van der Waals surface area contributed by atoms with Crippen LogP contribution in [-0.4, -0.2) is 41.5 Å². The van der Waals surface area contributed by atoms with Gasteiger partial charge in [0.05, 0.1) is 24.3 Å². The fourth-order valence-corrected chi connectivity index (χ4v) is 4.30. The standard InChI is InChI=1S/C21H24ClN5O4/c1-11-5-3-4-8-27(11)21-25-18-17(20(30)26-21)13(10-16(28)24-18)19(29)23-14-9-12(22)6-7-15(14)31-2/h6-7,9,11,13H,3-5,8,10H2,1-2H3,(H,23,29)(H2,24,25,26,28,30)/t11-,13-/m0/s1. The first-order valence-electron chi connectivity index (χ1n) is 10.2. The normalized spacial score (nSPS) is 20.6. The van der Waals surface area contributed by atoms with Crippen LogP contribution >= 0.6 is 11.6 Å². The molecule has 2 aliphatic rings. The first-order chi connectivity index (χ1) is 14.9. The molecule has 0 spiro atoms. The van der Waals surface area contributed by atoms with Crippen LogP contribution in [0.5, 0.6) is 5.75 Å². The Bertz CT molecular complexity index is 1090. The summed E-state index contributed by atoms with van der Waals surface area (Å²) in [7, 11) is 1.47. The number of carbonyl (C=O) groups is 2. The van der Waals surface area contributed by atoms with Gasteiger partial charge in [0.25, 0.3) is 5.56 Å². The van der Waals surface area contributed by atoms with Crippen LogP contribution in [0.3, 0.4) is 0 Å². The van der Waals surface area contributed by atoms with E-state index >= 15 is 0 Å². The van der Waals surface area contributed by atoms with E-state index in [0.717, 1.165) is 25.8 Å². The van der Waals surface area contributed by atoms with E-state index in [2.05, 4.69) is 27.5 Å². The van der Waals surface area contributed by atoms with Crippen LogP contribution < -0.4 is 25.8 Å². The highest BCUT2D eigenvalue weighted by atomic mass is 35.5. The van der Waals surface area contributed by atoms with Crippen molar-refractivity contribution in [2.24, 2.45) is 0 Å². The molecule has 3 heterocycles. The summed E-state index contributed by atoms with van der Waals surface area (Å²) in [5, 5.41) is 5.79. The molecule has 0 bridgehead atoms. The first kappa shape index (κ1) is 21.2. The number of amides is 2. The molecule has 1 aromatic heterocycles. The van der Waals surface area contributed by atoms with Gasteiger partial charge in [0.15, 0.2) is 0 Å². The molecule has 0 unspecified atom stereocenters. The molecule has 1 saturated heterocycles. The molecule has 2 atom stereocenters. The Morgan fingerprint density at radius 3 is 2.87 bits per heavy atom. The molecular formula is C21H24ClN5O4. The van der Waals surface area contributed by atoms with Gasteiger partial charge in [-0.15, -0.1) is 0 Å². The summed E-state index contributed by atoms with van der Waals surface area (Å²) < 4.78 is 5.26. The van der Waals surface area contributed by atoms with Gasteiger partial charge < -0.3 is 20.3 Å². The summed E-state index contributed by atoms with van der Waals surface area (Å²) in [4.78, 5) is 47.7. The summed E-state index contributed by atoms with van der Waals surface area (Å²) in [6, 6.07) is 5.03. The Kier molecular flexibility index (Phi) is 5.86. The topological polar surface area (TPSA) is 116 Å². The van der Waals surface area contributed by atoms with E-state index in [1.54, 1.807) is 18.2 Å². The van der Waals surface area contributed by atoms with E-state index in [1.165, 1.54) is 7.11 Å². The average molecular weight is 446 g/mol. The van der Waals surface area contributed by atoms with Crippen molar-refractivity contribution in [2.75, 3.05) is 29.2 Å². The predicted molar refractivity (Wildman–Crippen MR) is 118 cm³/mol. The fourth-order valence-electron chi connectivity index (χ4n) is 4.13. The summed E-state index contributed by atoms with van der Waals surface area (Å²) in [5.41, 5.74) is 0.0678. The smallest absolute Gasteiger partial charge is 0.258 e. The summed E-state index contributed by atoms with van der Waals surface area (Å²) in [6.07, 6.45) is 2.97. The second-order valence-corrected chi connectivity index (χ2v) is 8.27. The maximum atomic E-state index is 13.1. The van der Waals surface area contributed by atoms with Crippen LogP contribution in [0, 0.1) is 0 Å². The van der Waals surface area contributed by atoms with E-state index < -0.39 is 17.4 Å². The largest absolute Gasteiger partial charge is 0.495 e. The van der Waals surface area contributed by atoms with Gasteiger partial charge >= 0.3 is 0 Å². The number of halogens is 1. The number of carbonyl (C=O) groups excluding carboxylic acids is 2. The minimum Gasteiger partial charge on any atom is -0.495 e. The van der Waals surface area contributed by atoms with Gasteiger partial charge in [-0.2, -0.15) is 4.98 Å². The van der Waals surface area contributed by atoms with Gasteiger partial charge in [-0.1, -0.05) is 11.6 Å². The molecular weight excluding hydrogens is 422 g/mol. The quantitative estimate of drug-likeness (QED) is 0.666. The zero-order valence-electron chi connectivity index (χ0n) is 17.3. The number of piperidine rings is 1. The molecule has 2 aromatic rings. The van der Waals surface area contributed by atoms with Crippen molar-refractivity contribution in [1.82, 2.24) is 9.97 Å². The first-order valence-corrected chi connectivity index (χ1v) is 10.6. The number of hydrogen-bond acceptors (Lipinski definition) is 6. The number of aromatic amines is 1. The highest BCUT2D eigenvalue weighted by Gasteiger charge is 2.36. The SMILES string of the molecule is COc1ccc(Cl)cc1NC(=O)[C@H]1CC(=O)Nc2nc(N3CCCC[C@@H]3C)[nH]c(=O)c21. The fraction of sp³-hybridized carbons (Fsp3) is 0.429. The average Bonchev–Trinajstić information content (AvgIpc) is 2.73. The van der Waals surface area contributed by atoms with E-state index in [9.17, 15) is 14.4 Å². The molecule has 4 rings (SSSR count). The zero-order valence-corrected chi connectivity index (χ0v) is 18.1. The van der Waals surface area contributed by atoms with Crippen LogP contribution in [0.2, 0.25) is 5.02 Å². The van der Waals surface area contributed by atoms with Crippen LogP contribution in [0.15, 0.2) is 23.0 Å². The zero-order chi connectivity index (χ0) is 22.1. The number of ether oxygens (including phenoxy) is 1. The monoisotopic (exact) mass is 445 g/mol.